The lowest BCUT2D eigenvalue weighted by molar-refractivity contribution is 0.00837. The van der Waals surface area contributed by atoms with Crippen molar-refractivity contribution < 1.29 is 9.84 Å². The van der Waals surface area contributed by atoms with Gasteiger partial charge in [0.15, 0.2) is 0 Å². The Kier molecular flexibility index (Phi) is 4.81. The Hall–Kier alpha value is -0.160. The van der Waals surface area contributed by atoms with E-state index in [1.54, 1.807) is 7.11 Å². The summed E-state index contributed by atoms with van der Waals surface area (Å²) in [6.45, 7) is 7.50. The quantitative estimate of drug-likeness (QED) is 0.655. The fraction of sp³-hybridized carbons (Fsp3) is 1.00. The van der Waals surface area contributed by atoms with Crippen molar-refractivity contribution in [1.29, 1.82) is 0 Å². The van der Waals surface area contributed by atoms with Crippen molar-refractivity contribution in [3.8, 4) is 0 Å². The van der Waals surface area contributed by atoms with Crippen LogP contribution >= 0.6 is 0 Å². The minimum Gasteiger partial charge on any atom is -0.389 e. The molecule has 0 spiro atoms. The van der Waals surface area contributed by atoms with Gasteiger partial charge in [-0.25, -0.2) is 0 Å². The van der Waals surface area contributed by atoms with E-state index in [1.807, 2.05) is 0 Å². The van der Waals surface area contributed by atoms with Gasteiger partial charge in [0.05, 0.1) is 12.7 Å². The number of ether oxygens (including phenoxy) is 1. The first-order valence-electron chi connectivity index (χ1n) is 5.28. The predicted octanol–water partition coefficient (Wildman–Crippen LogP) is -0.324. The molecule has 4 nitrogen and oxygen atoms in total. The van der Waals surface area contributed by atoms with Gasteiger partial charge in [-0.05, 0) is 13.8 Å². The topological polar surface area (TPSA) is 44.7 Å². The molecule has 3 atom stereocenters. The molecule has 0 aromatic carbocycles. The van der Waals surface area contributed by atoms with Gasteiger partial charge in [0.1, 0.15) is 0 Å². The minimum atomic E-state index is -0.372. The van der Waals surface area contributed by atoms with E-state index < -0.39 is 0 Å². The van der Waals surface area contributed by atoms with Crippen LogP contribution in [0.2, 0.25) is 0 Å². The van der Waals surface area contributed by atoms with Crippen LogP contribution in [0.4, 0.5) is 0 Å². The first kappa shape index (κ1) is 11.9. The van der Waals surface area contributed by atoms with Crippen molar-refractivity contribution >= 4 is 0 Å². The molecule has 1 aliphatic heterocycles. The zero-order chi connectivity index (χ0) is 10.6. The second-order valence-corrected chi connectivity index (χ2v) is 4.16. The maximum Gasteiger partial charge on any atom is 0.0900 e. The SMILES string of the molecule is COCC(O)CN1C(C)CNCC1C. The molecule has 4 heteroatoms. The molecule has 14 heavy (non-hydrogen) atoms. The van der Waals surface area contributed by atoms with Crippen LogP contribution in [0.5, 0.6) is 0 Å². The Balaban J connectivity index is 2.39. The fourth-order valence-corrected chi connectivity index (χ4v) is 2.02. The first-order valence-corrected chi connectivity index (χ1v) is 5.28. The molecule has 84 valence electrons. The van der Waals surface area contributed by atoms with Crippen LogP contribution in [0.25, 0.3) is 0 Å². The fourth-order valence-electron chi connectivity index (χ4n) is 2.02. The van der Waals surface area contributed by atoms with Gasteiger partial charge in [-0.2, -0.15) is 0 Å². The van der Waals surface area contributed by atoms with Gasteiger partial charge in [0, 0.05) is 38.8 Å². The summed E-state index contributed by atoms with van der Waals surface area (Å²) in [4.78, 5) is 2.33. The number of piperazine rings is 1. The number of hydrogen-bond donors (Lipinski definition) is 2. The monoisotopic (exact) mass is 202 g/mol. The Bertz CT molecular complexity index is 156. The summed E-state index contributed by atoms with van der Waals surface area (Å²) in [7, 11) is 1.62. The highest BCUT2D eigenvalue weighted by atomic mass is 16.5. The van der Waals surface area contributed by atoms with E-state index in [-0.39, 0.29) is 6.10 Å². The average Bonchev–Trinajstić information content (AvgIpc) is 2.12. The smallest absolute Gasteiger partial charge is 0.0900 e. The molecule has 1 saturated heterocycles. The molecule has 0 aromatic heterocycles. The van der Waals surface area contributed by atoms with E-state index in [0.29, 0.717) is 25.2 Å². The van der Waals surface area contributed by atoms with Gasteiger partial charge < -0.3 is 15.2 Å². The highest BCUT2D eigenvalue weighted by Gasteiger charge is 2.25. The number of nitrogens with zero attached hydrogens (tertiary/aromatic N) is 1. The summed E-state index contributed by atoms with van der Waals surface area (Å²) in [5, 5.41) is 13.0. The van der Waals surface area contributed by atoms with Crippen LogP contribution in [0.15, 0.2) is 0 Å². The van der Waals surface area contributed by atoms with Gasteiger partial charge in [-0.15, -0.1) is 0 Å². The predicted molar refractivity (Wildman–Crippen MR) is 56.4 cm³/mol. The number of methoxy groups -OCH3 is 1. The highest BCUT2D eigenvalue weighted by molar-refractivity contribution is 4.83. The lowest BCUT2D eigenvalue weighted by atomic mass is 10.1. The average molecular weight is 202 g/mol. The van der Waals surface area contributed by atoms with Crippen LogP contribution in [-0.2, 0) is 4.74 Å². The zero-order valence-corrected chi connectivity index (χ0v) is 9.36. The van der Waals surface area contributed by atoms with Crippen LogP contribution in [0.1, 0.15) is 13.8 Å². The van der Waals surface area contributed by atoms with E-state index in [4.69, 9.17) is 4.74 Å². The summed E-state index contributed by atoms with van der Waals surface area (Å²) in [5.74, 6) is 0. The van der Waals surface area contributed by atoms with Gasteiger partial charge in [-0.3, -0.25) is 4.90 Å². The minimum absolute atomic E-state index is 0.372. The molecule has 1 aliphatic rings. The molecule has 1 fully saturated rings. The first-order chi connectivity index (χ1) is 6.65. The van der Waals surface area contributed by atoms with Crippen molar-refractivity contribution in [1.82, 2.24) is 10.2 Å². The molecular formula is C10H22N2O2. The maximum absolute atomic E-state index is 9.65. The Morgan fingerprint density at radius 2 is 2.00 bits per heavy atom. The normalized spacial score (nSPS) is 31.7. The van der Waals surface area contributed by atoms with E-state index in [0.717, 1.165) is 13.1 Å². The summed E-state index contributed by atoms with van der Waals surface area (Å²) in [6, 6.07) is 0.982. The Morgan fingerprint density at radius 1 is 1.43 bits per heavy atom. The third-order valence-corrected chi connectivity index (χ3v) is 2.79. The number of aliphatic hydroxyl groups is 1. The van der Waals surface area contributed by atoms with Crippen LogP contribution < -0.4 is 5.32 Å². The summed E-state index contributed by atoms with van der Waals surface area (Å²) in [6.07, 6.45) is -0.372. The number of nitrogens with one attached hydrogen (secondary N) is 1. The van der Waals surface area contributed by atoms with Crippen molar-refractivity contribution in [3.63, 3.8) is 0 Å². The lowest BCUT2D eigenvalue weighted by Gasteiger charge is -2.40. The summed E-state index contributed by atoms with van der Waals surface area (Å²) >= 11 is 0. The Labute approximate surface area is 86.2 Å². The van der Waals surface area contributed by atoms with E-state index >= 15 is 0 Å². The molecular weight excluding hydrogens is 180 g/mol. The molecule has 0 saturated carbocycles. The third kappa shape index (κ3) is 3.20. The summed E-state index contributed by atoms with van der Waals surface area (Å²) in [5.41, 5.74) is 0. The standard InChI is InChI=1S/C10H22N2O2/c1-8-4-11-5-9(2)12(8)6-10(13)7-14-3/h8-11,13H,4-7H2,1-3H3. The summed E-state index contributed by atoms with van der Waals surface area (Å²) < 4.78 is 4.92. The molecule has 2 N–H and O–H groups in total. The van der Waals surface area contributed by atoms with Gasteiger partial charge >= 0.3 is 0 Å². The molecule has 0 aromatic rings. The number of hydrogen-bond acceptors (Lipinski definition) is 4. The molecule has 3 unspecified atom stereocenters. The molecule has 0 bridgehead atoms. The van der Waals surface area contributed by atoms with Crippen LogP contribution in [0.3, 0.4) is 0 Å². The van der Waals surface area contributed by atoms with Crippen LogP contribution in [-0.4, -0.2) is 61.5 Å². The van der Waals surface area contributed by atoms with E-state index in [2.05, 4.69) is 24.1 Å². The molecule has 1 rings (SSSR count). The van der Waals surface area contributed by atoms with Gasteiger partial charge in [0.2, 0.25) is 0 Å². The highest BCUT2D eigenvalue weighted by Crippen LogP contribution is 2.10. The van der Waals surface area contributed by atoms with Crippen molar-refractivity contribution in [2.24, 2.45) is 0 Å². The molecule has 0 radical (unpaired) electrons. The number of rotatable bonds is 4. The van der Waals surface area contributed by atoms with Gasteiger partial charge in [0.25, 0.3) is 0 Å². The van der Waals surface area contributed by atoms with Crippen molar-refractivity contribution in [2.45, 2.75) is 32.0 Å². The number of β-amino-alcohol motifs (C(OH)–C–C–N with tert-alkyl or cyclic N) is 1. The molecule has 1 heterocycles. The van der Waals surface area contributed by atoms with Crippen molar-refractivity contribution in [2.75, 3.05) is 33.4 Å². The van der Waals surface area contributed by atoms with Crippen LogP contribution in [0, 0.1) is 0 Å². The lowest BCUT2D eigenvalue weighted by Crippen LogP contribution is -2.57. The maximum atomic E-state index is 9.65. The van der Waals surface area contributed by atoms with E-state index in [1.165, 1.54) is 0 Å². The van der Waals surface area contributed by atoms with Crippen molar-refractivity contribution in [3.05, 3.63) is 0 Å². The molecule has 0 amide bonds. The Morgan fingerprint density at radius 3 is 2.50 bits per heavy atom. The largest absolute Gasteiger partial charge is 0.389 e. The van der Waals surface area contributed by atoms with Gasteiger partial charge in [-0.1, -0.05) is 0 Å². The second kappa shape index (κ2) is 5.66. The molecule has 0 aliphatic carbocycles. The second-order valence-electron chi connectivity index (χ2n) is 4.16. The number of aliphatic hydroxyl groups excluding tert-OH is 1. The zero-order valence-electron chi connectivity index (χ0n) is 9.36. The van der Waals surface area contributed by atoms with E-state index in [9.17, 15) is 5.11 Å². The third-order valence-electron chi connectivity index (χ3n) is 2.79.